The second-order valence-electron chi connectivity index (χ2n) is 7.99. The first kappa shape index (κ1) is 20.7. The standard InChI is InChI=1S/C20H17NO2.C6H10/c1-12-4-5-13(2)18(8-12)16-7-6-15-10-17(20(22)21-23)9-14(3)19(15)11-16;1-6-4-2-3-5-6/h4-11H,1-3H3;2-3,6H,4-5H2,1H3. The van der Waals surface area contributed by atoms with E-state index in [0.29, 0.717) is 5.56 Å². The van der Waals surface area contributed by atoms with Crippen molar-refractivity contribution in [2.24, 2.45) is 11.1 Å². The molecule has 0 heterocycles. The number of allylic oxidation sites excluding steroid dienone is 2. The molecule has 0 aromatic heterocycles. The molecule has 1 aliphatic rings. The number of rotatable bonds is 2. The lowest BCUT2D eigenvalue weighted by Gasteiger charge is -2.11. The fraction of sp³-hybridized carbons (Fsp3) is 0.269. The number of carbonyl (C=O) groups excluding carboxylic acids is 1. The zero-order valence-electron chi connectivity index (χ0n) is 17.5. The first-order valence-corrected chi connectivity index (χ1v) is 10.0. The lowest BCUT2D eigenvalue weighted by Crippen LogP contribution is -1.95. The number of amides is 1. The number of fused-ring (bicyclic) bond motifs is 1. The monoisotopic (exact) mass is 385 g/mol. The molecular formula is C26H27NO2. The minimum absolute atomic E-state index is 0.337. The number of carbonyl (C=O) groups is 1. The number of aryl methyl sites for hydroxylation is 3. The van der Waals surface area contributed by atoms with Crippen molar-refractivity contribution in [3.8, 4) is 11.1 Å². The molecule has 3 aromatic carbocycles. The van der Waals surface area contributed by atoms with Crippen LogP contribution in [0.5, 0.6) is 0 Å². The molecule has 4 rings (SSSR count). The highest BCUT2D eigenvalue weighted by Gasteiger charge is 2.10. The highest BCUT2D eigenvalue weighted by atomic mass is 16.3. The zero-order chi connectivity index (χ0) is 21.0. The zero-order valence-corrected chi connectivity index (χ0v) is 17.5. The van der Waals surface area contributed by atoms with E-state index in [2.05, 4.69) is 62.4 Å². The van der Waals surface area contributed by atoms with Crippen molar-refractivity contribution in [1.82, 2.24) is 0 Å². The average molecular weight is 386 g/mol. The number of benzene rings is 3. The van der Waals surface area contributed by atoms with Crippen LogP contribution in [0.2, 0.25) is 0 Å². The summed E-state index contributed by atoms with van der Waals surface area (Å²) in [7, 11) is 0. The number of hydrogen-bond donors (Lipinski definition) is 0. The SMILES string of the molecule is CC1CC=CC1.Cc1ccc(C)c(-c2ccc3cc(C(=O)N=O)cc(C)c3c2)c1. The fourth-order valence-corrected chi connectivity index (χ4v) is 3.69. The minimum atomic E-state index is -0.728. The molecule has 148 valence electrons. The summed E-state index contributed by atoms with van der Waals surface area (Å²) in [5.74, 6) is 0.207. The maximum Gasteiger partial charge on any atom is 0.316 e. The summed E-state index contributed by atoms with van der Waals surface area (Å²) >= 11 is 0. The van der Waals surface area contributed by atoms with Crippen molar-refractivity contribution in [1.29, 1.82) is 0 Å². The Bertz CT molecular complexity index is 1090. The summed E-state index contributed by atoms with van der Waals surface area (Å²) < 4.78 is 0. The third-order valence-electron chi connectivity index (χ3n) is 5.44. The van der Waals surface area contributed by atoms with Crippen molar-refractivity contribution in [3.05, 3.63) is 87.8 Å². The van der Waals surface area contributed by atoms with Gasteiger partial charge in [-0.05, 0) is 90.8 Å². The Kier molecular flexibility index (Phi) is 6.38. The lowest BCUT2D eigenvalue weighted by atomic mass is 9.94. The van der Waals surface area contributed by atoms with Crippen LogP contribution in [0.4, 0.5) is 0 Å². The number of nitroso groups, excluding NO2 is 1. The van der Waals surface area contributed by atoms with Gasteiger partial charge in [-0.15, -0.1) is 4.91 Å². The minimum Gasteiger partial charge on any atom is -0.263 e. The van der Waals surface area contributed by atoms with Crippen LogP contribution in [0.15, 0.2) is 65.9 Å². The Morgan fingerprint density at radius 1 is 0.897 bits per heavy atom. The molecule has 0 saturated carbocycles. The Labute approximate surface area is 172 Å². The van der Waals surface area contributed by atoms with E-state index in [0.717, 1.165) is 27.8 Å². The van der Waals surface area contributed by atoms with Gasteiger partial charge in [-0.25, -0.2) is 0 Å². The molecule has 0 bridgehead atoms. The van der Waals surface area contributed by atoms with Crippen molar-refractivity contribution < 1.29 is 4.79 Å². The maximum absolute atomic E-state index is 11.5. The Morgan fingerprint density at radius 2 is 1.62 bits per heavy atom. The summed E-state index contributed by atoms with van der Waals surface area (Å²) in [6, 6.07) is 16.0. The van der Waals surface area contributed by atoms with Gasteiger partial charge in [0, 0.05) is 10.7 Å². The van der Waals surface area contributed by atoms with Crippen molar-refractivity contribution >= 4 is 16.7 Å². The van der Waals surface area contributed by atoms with Gasteiger partial charge in [-0.3, -0.25) is 4.79 Å². The van der Waals surface area contributed by atoms with Gasteiger partial charge in [0.1, 0.15) is 0 Å². The molecule has 1 aliphatic carbocycles. The first-order chi connectivity index (χ1) is 13.9. The second-order valence-corrected chi connectivity index (χ2v) is 7.99. The van der Waals surface area contributed by atoms with Gasteiger partial charge in [-0.1, -0.05) is 55.0 Å². The highest BCUT2D eigenvalue weighted by molar-refractivity contribution is 6.01. The van der Waals surface area contributed by atoms with Gasteiger partial charge in [0.15, 0.2) is 0 Å². The molecule has 0 radical (unpaired) electrons. The van der Waals surface area contributed by atoms with Crippen LogP contribution in [0, 0.1) is 31.6 Å². The largest absolute Gasteiger partial charge is 0.316 e. The molecule has 0 atom stereocenters. The molecule has 0 spiro atoms. The number of hydrogen-bond acceptors (Lipinski definition) is 2. The molecule has 1 amide bonds. The van der Waals surface area contributed by atoms with Crippen LogP contribution in [0.25, 0.3) is 21.9 Å². The quantitative estimate of drug-likeness (QED) is 0.343. The van der Waals surface area contributed by atoms with Crippen LogP contribution in [0.1, 0.15) is 46.8 Å². The van der Waals surface area contributed by atoms with Gasteiger partial charge >= 0.3 is 5.91 Å². The predicted molar refractivity (Wildman–Crippen MR) is 121 cm³/mol. The normalized spacial score (nSPS) is 13.2. The van der Waals surface area contributed by atoms with E-state index in [-0.39, 0.29) is 0 Å². The van der Waals surface area contributed by atoms with E-state index in [1.54, 1.807) is 12.1 Å². The number of nitrogens with zero attached hydrogens (tertiary/aromatic N) is 1. The second kappa shape index (κ2) is 8.95. The molecule has 0 saturated heterocycles. The van der Waals surface area contributed by atoms with E-state index in [4.69, 9.17) is 0 Å². The molecule has 0 unspecified atom stereocenters. The van der Waals surface area contributed by atoms with E-state index in [9.17, 15) is 9.70 Å². The van der Waals surface area contributed by atoms with Crippen LogP contribution >= 0.6 is 0 Å². The van der Waals surface area contributed by atoms with Crippen LogP contribution in [0.3, 0.4) is 0 Å². The Hall–Kier alpha value is -3.07. The third kappa shape index (κ3) is 4.86. The van der Waals surface area contributed by atoms with E-state index < -0.39 is 5.91 Å². The Morgan fingerprint density at radius 3 is 2.24 bits per heavy atom. The summed E-state index contributed by atoms with van der Waals surface area (Å²) in [5.41, 5.74) is 6.10. The molecular weight excluding hydrogens is 358 g/mol. The van der Waals surface area contributed by atoms with Crippen LogP contribution in [-0.4, -0.2) is 5.91 Å². The molecule has 29 heavy (non-hydrogen) atoms. The molecule has 0 aliphatic heterocycles. The van der Waals surface area contributed by atoms with Gasteiger partial charge in [0.2, 0.25) is 0 Å². The third-order valence-corrected chi connectivity index (χ3v) is 5.44. The summed E-state index contributed by atoms with van der Waals surface area (Å²) in [6.07, 6.45) is 7.12. The van der Waals surface area contributed by atoms with Crippen molar-refractivity contribution in [2.45, 2.75) is 40.5 Å². The molecule has 3 aromatic rings. The first-order valence-electron chi connectivity index (χ1n) is 10.0. The lowest BCUT2D eigenvalue weighted by molar-refractivity contribution is 0.100. The fourth-order valence-electron chi connectivity index (χ4n) is 3.69. The van der Waals surface area contributed by atoms with Crippen molar-refractivity contribution in [3.63, 3.8) is 0 Å². The van der Waals surface area contributed by atoms with E-state index in [1.165, 1.54) is 29.5 Å². The maximum atomic E-state index is 11.5. The smallest absolute Gasteiger partial charge is 0.263 e. The molecule has 3 nitrogen and oxygen atoms in total. The summed E-state index contributed by atoms with van der Waals surface area (Å²) in [6.45, 7) is 8.40. The van der Waals surface area contributed by atoms with E-state index >= 15 is 0 Å². The summed E-state index contributed by atoms with van der Waals surface area (Å²) in [4.78, 5) is 22.0. The molecule has 0 fully saturated rings. The van der Waals surface area contributed by atoms with E-state index in [1.807, 2.05) is 19.1 Å². The van der Waals surface area contributed by atoms with Gasteiger partial charge in [-0.2, -0.15) is 0 Å². The van der Waals surface area contributed by atoms with Gasteiger partial charge in [0.25, 0.3) is 0 Å². The predicted octanol–water partition coefficient (Wildman–Crippen LogP) is 7.31. The van der Waals surface area contributed by atoms with Crippen LogP contribution in [-0.2, 0) is 0 Å². The summed E-state index contributed by atoms with van der Waals surface area (Å²) in [5, 5.41) is 4.52. The molecule has 0 N–H and O–H groups in total. The molecule has 3 heteroatoms. The Balaban J connectivity index is 0.000000343. The van der Waals surface area contributed by atoms with Gasteiger partial charge in [0.05, 0.1) is 0 Å². The average Bonchev–Trinajstić information content (AvgIpc) is 3.20. The highest BCUT2D eigenvalue weighted by Crippen LogP contribution is 2.30. The van der Waals surface area contributed by atoms with Gasteiger partial charge < -0.3 is 0 Å². The topological polar surface area (TPSA) is 46.5 Å². The van der Waals surface area contributed by atoms with Crippen LogP contribution < -0.4 is 0 Å². The van der Waals surface area contributed by atoms with Crippen molar-refractivity contribution in [2.75, 3.05) is 0 Å².